The zero-order valence-corrected chi connectivity index (χ0v) is 18.0. The van der Waals surface area contributed by atoms with Crippen LogP contribution in [0.3, 0.4) is 0 Å². The first-order valence-corrected chi connectivity index (χ1v) is 11.0. The fraction of sp³-hybridized carbons (Fsp3) is 0.100. The Morgan fingerprint density at radius 3 is 2.58 bits per heavy atom. The molecular formula is C20H18FN7O4S. The van der Waals surface area contributed by atoms with E-state index in [4.69, 9.17) is 14.4 Å². The number of hydrogen-bond donors (Lipinski definition) is 3. The number of rotatable bonds is 8. The number of nitrogens with zero attached hydrogens (tertiary/aromatic N) is 4. The molecule has 0 saturated carbocycles. The molecule has 0 unspecified atom stereocenters. The van der Waals surface area contributed by atoms with Crippen LogP contribution in [0.5, 0.6) is 5.75 Å². The highest BCUT2D eigenvalue weighted by Gasteiger charge is 2.11. The Balaban J connectivity index is 1.44. The smallest absolute Gasteiger partial charge is 0.264 e. The van der Waals surface area contributed by atoms with E-state index in [-0.39, 0.29) is 23.3 Å². The van der Waals surface area contributed by atoms with Crippen LogP contribution in [0.2, 0.25) is 0 Å². The highest BCUT2D eigenvalue weighted by atomic mass is 32.2. The van der Waals surface area contributed by atoms with Gasteiger partial charge in [0.05, 0.1) is 11.1 Å². The fourth-order valence-electron chi connectivity index (χ4n) is 2.71. The van der Waals surface area contributed by atoms with E-state index in [0.717, 1.165) is 6.20 Å². The van der Waals surface area contributed by atoms with E-state index in [1.165, 1.54) is 18.2 Å². The van der Waals surface area contributed by atoms with E-state index in [2.05, 4.69) is 30.7 Å². The van der Waals surface area contributed by atoms with Crippen LogP contribution in [-0.2, 0) is 16.6 Å². The quantitative estimate of drug-likeness (QED) is 0.349. The predicted molar refractivity (Wildman–Crippen MR) is 116 cm³/mol. The van der Waals surface area contributed by atoms with Gasteiger partial charge in [0, 0.05) is 11.4 Å². The molecule has 2 aromatic heterocycles. The minimum absolute atomic E-state index is 0.0558. The summed E-state index contributed by atoms with van der Waals surface area (Å²) >= 11 is 0. The van der Waals surface area contributed by atoms with Gasteiger partial charge in [-0.15, -0.1) is 0 Å². The van der Waals surface area contributed by atoms with Gasteiger partial charge in [-0.05, 0) is 49.4 Å². The minimum atomic E-state index is -3.87. The highest BCUT2D eigenvalue weighted by Crippen LogP contribution is 2.23. The molecule has 0 spiro atoms. The van der Waals surface area contributed by atoms with Crippen LogP contribution in [0, 0.1) is 12.7 Å². The first-order valence-electron chi connectivity index (χ1n) is 9.48. The third-order valence-electron chi connectivity index (χ3n) is 4.21. The van der Waals surface area contributed by atoms with Gasteiger partial charge < -0.3 is 19.9 Å². The van der Waals surface area contributed by atoms with Gasteiger partial charge in [0.1, 0.15) is 5.75 Å². The first-order chi connectivity index (χ1) is 15.8. The van der Waals surface area contributed by atoms with Crippen LogP contribution in [0.15, 0.2) is 64.1 Å². The molecule has 0 aliphatic heterocycles. The summed E-state index contributed by atoms with van der Waals surface area (Å²) in [5.41, 5.74) is 0.924. The molecule has 0 atom stereocenters. The van der Waals surface area contributed by atoms with E-state index in [1.807, 2.05) is 0 Å². The summed E-state index contributed by atoms with van der Waals surface area (Å²) in [4.78, 5) is 12.0. The molecule has 0 aliphatic carbocycles. The molecule has 0 fully saturated rings. The standard InChI is InChI=1S/C20H18FN7O4S/c1-12-24-18(32-28-12)11-31-15-7-5-13(6-8-15)25-19-17(21)10-23-20(27-19)26-14-3-2-4-16(9-14)33(22,29)30/h2-10H,11H2,1H3,(H2,22,29,30)(H2,23,25,26,27). The Bertz CT molecular complexity index is 1380. The topological polar surface area (TPSA) is 158 Å². The number of benzene rings is 2. The average molecular weight is 471 g/mol. The summed E-state index contributed by atoms with van der Waals surface area (Å²) in [6.07, 6.45) is 0.991. The molecule has 13 heteroatoms. The molecular weight excluding hydrogens is 453 g/mol. The summed E-state index contributed by atoms with van der Waals surface area (Å²) in [5, 5.41) is 14.5. The van der Waals surface area contributed by atoms with Crippen LogP contribution >= 0.6 is 0 Å². The van der Waals surface area contributed by atoms with Crippen molar-refractivity contribution in [3.63, 3.8) is 0 Å². The molecule has 0 saturated heterocycles. The average Bonchev–Trinajstić information content (AvgIpc) is 3.20. The minimum Gasteiger partial charge on any atom is -0.484 e. The van der Waals surface area contributed by atoms with Gasteiger partial charge in [-0.25, -0.2) is 22.9 Å². The molecule has 0 aliphatic rings. The second-order valence-corrected chi connectivity index (χ2v) is 8.32. The summed E-state index contributed by atoms with van der Waals surface area (Å²) in [7, 11) is -3.87. The number of ether oxygens (including phenoxy) is 1. The van der Waals surface area contributed by atoms with Crippen molar-refractivity contribution >= 4 is 33.2 Å². The van der Waals surface area contributed by atoms with E-state index < -0.39 is 15.8 Å². The summed E-state index contributed by atoms with van der Waals surface area (Å²) in [6.45, 7) is 1.83. The highest BCUT2D eigenvalue weighted by molar-refractivity contribution is 7.89. The molecule has 33 heavy (non-hydrogen) atoms. The second kappa shape index (κ2) is 9.18. The number of nitrogens with one attached hydrogen (secondary N) is 2. The zero-order chi connectivity index (χ0) is 23.4. The molecule has 0 amide bonds. The monoisotopic (exact) mass is 471 g/mol. The van der Waals surface area contributed by atoms with Crippen molar-refractivity contribution in [2.24, 2.45) is 5.14 Å². The maximum atomic E-state index is 14.2. The second-order valence-electron chi connectivity index (χ2n) is 6.76. The number of halogens is 1. The predicted octanol–water partition coefficient (Wildman–Crippen LogP) is 3.02. The van der Waals surface area contributed by atoms with E-state index in [0.29, 0.717) is 28.8 Å². The molecule has 170 valence electrons. The zero-order valence-electron chi connectivity index (χ0n) is 17.2. The third kappa shape index (κ3) is 5.78. The van der Waals surface area contributed by atoms with Crippen LogP contribution in [-0.4, -0.2) is 28.5 Å². The Morgan fingerprint density at radius 2 is 1.88 bits per heavy atom. The van der Waals surface area contributed by atoms with Crippen molar-refractivity contribution in [3.8, 4) is 5.75 Å². The maximum Gasteiger partial charge on any atom is 0.264 e. The number of aromatic nitrogens is 4. The molecule has 0 radical (unpaired) electrons. The van der Waals surface area contributed by atoms with E-state index in [1.54, 1.807) is 37.3 Å². The van der Waals surface area contributed by atoms with Crippen molar-refractivity contribution in [3.05, 3.63) is 72.3 Å². The number of aryl methyl sites for hydroxylation is 1. The number of anilines is 4. The summed E-state index contributed by atoms with van der Waals surface area (Å²) < 4.78 is 47.8. The Labute approximate surface area is 187 Å². The number of primary sulfonamides is 1. The van der Waals surface area contributed by atoms with Gasteiger partial charge >= 0.3 is 0 Å². The van der Waals surface area contributed by atoms with Gasteiger partial charge in [0.15, 0.2) is 24.1 Å². The molecule has 4 rings (SSSR count). The normalized spacial score (nSPS) is 11.2. The van der Waals surface area contributed by atoms with Crippen LogP contribution in [0.4, 0.5) is 27.5 Å². The Kier molecular flexibility index (Phi) is 6.15. The number of sulfonamides is 1. The number of hydrogen-bond acceptors (Lipinski definition) is 10. The summed E-state index contributed by atoms with van der Waals surface area (Å²) in [5.74, 6) is 0.728. The number of nitrogens with two attached hydrogens (primary N) is 1. The van der Waals surface area contributed by atoms with Crippen molar-refractivity contribution in [1.29, 1.82) is 0 Å². The third-order valence-corrected chi connectivity index (χ3v) is 5.12. The molecule has 4 N–H and O–H groups in total. The molecule has 11 nitrogen and oxygen atoms in total. The van der Waals surface area contributed by atoms with E-state index >= 15 is 0 Å². The molecule has 4 aromatic rings. The lowest BCUT2D eigenvalue weighted by Gasteiger charge is -2.11. The lowest BCUT2D eigenvalue weighted by Crippen LogP contribution is -2.12. The summed E-state index contributed by atoms with van der Waals surface area (Å²) in [6, 6.07) is 12.5. The van der Waals surface area contributed by atoms with Crippen LogP contribution in [0.1, 0.15) is 11.7 Å². The first kappa shape index (κ1) is 22.1. The molecule has 2 heterocycles. The lowest BCUT2D eigenvalue weighted by molar-refractivity contribution is 0.242. The van der Waals surface area contributed by atoms with E-state index in [9.17, 15) is 12.8 Å². The van der Waals surface area contributed by atoms with Crippen molar-refractivity contribution < 1.29 is 22.1 Å². The largest absolute Gasteiger partial charge is 0.484 e. The van der Waals surface area contributed by atoms with Gasteiger partial charge in [-0.1, -0.05) is 11.2 Å². The van der Waals surface area contributed by atoms with Crippen molar-refractivity contribution in [2.45, 2.75) is 18.4 Å². The van der Waals surface area contributed by atoms with Crippen molar-refractivity contribution in [1.82, 2.24) is 20.1 Å². The lowest BCUT2D eigenvalue weighted by atomic mass is 10.3. The van der Waals surface area contributed by atoms with Crippen LogP contribution in [0.25, 0.3) is 0 Å². The Morgan fingerprint density at radius 1 is 1.09 bits per heavy atom. The van der Waals surface area contributed by atoms with Crippen molar-refractivity contribution in [2.75, 3.05) is 10.6 Å². The van der Waals surface area contributed by atoms with Gasteiger partial charge in [0.2, 0.25) is 16.0 Å². The van der Waals surface area contributed by atoms with Crippen LogP contribution < -0.4 is 20.5 Å². The Hall–Kier alpha value is -4.10. The fourth-order valence-corrected chi connectivity index (χ4v) is 3.27. The van der Waals surface area contributed by atoms with Gasteiger partial charge in [-0.2, -0.15) is 9.97 Å². The molecule has 0 bridgehead atoms. The molecule has 2 aromatic carbocycles. The van der Waals surface area contributed by atoms with Gasteiger partial charge in [-0.3, -0.25) is 0 Å². The van der Waals surface area contributed by atoms with Gasteiger partial charge in [0.25, 0.3) is 5.89 Å². The maximum absolute atomic E-state index is 14.2. The SMILES string of the molecule is Cc1noc(COc2ccc(Nc3nc(Nc4cccc(S(N)(=O)=O)c4)ncc3F)cc2)n1.